The lowest BCUT2D eigenvalue weighted by Crippen LogP contribution is -2.23. The molecule has 0 saturated heterocycles. The van der Waals surface area contributed by atoms with Gasteiger partial charge in [-0.05, 0) is 26.0 Å². The fourth-order valence-corrected chi connectivity index (χ4v) is 1.79. The average molecular weight is 259 g/mol. The second kappa shape index (κ2) is 6.04. The number of anilines is 1. The molecule has 100 valence electrons. The van der Waals surface area contributed by atoms with Crippen molar-refractivity contribution in [2.75, 3.05) is 11.9 Å². The Kier molecular flexibility index (Phi) is 4.18. The fraction of sp³-hybridized carbons (Fsp3) is 0.286. The van der Waals surface area contributed by atoms with Crippen molar-refractivity contribution in [2.24, 2.45) is 0 Å². The molecule has 2 rings (SSSR count). The van der Waals surface area contributed by atoms with Crippen LogP contribution in [0, 0.1) is 6.92 Å². The minimum Gasteiger partial charge on any atom is -0.385 e. The summed E-state index contributed by atoms with van der Waals surface area (Å²) in [4.78, 5) is 12.1. The second-order valence-electron chi connectivity index (χ2n) is 4.19. The van der Waals surface area contributed by atoms with Gasteiger partial charge in [0.1, 0.15) is 0 Å². The van der Waals surface area contributed by atoms with Crippen LogP contribution in [-0.4, -0.2) is 17.6 Å². The molecule has 0 radical (unpaired) electrons. The van der Waals surface area contributed by atoms with Crippen LogP contribution in [0.3, 0.4) is 0 Å². The predicted molar refractivity (Wildman–Crippen MR) is 73.0 cm³/mol. The summed E-state index contributed by atoms with van der Waals surface area (Å²) >= 11 is 0. The molecule has 0 aliphatic heterocycles. The number of nitrogens with one attached hydrogen (secondary N) is 2. The molecule has 19 heavy (non-hydrogen) atoms. The zero-order valence-electron chi connectivity index (χ0n) is 11.1. The molecule has 0 unspecified atom stereocenters. The number of aromatic nitrogens is 1. The van der Waals surface area contributed by atoms with E-state index in [4.69, 9.17) is 4.52 Å². The quantitative estimate of drug-likeness (QED) is 0.865. The maximum absolute atomic E-state index is 12.1. The first kappa shape index (κ1) is 13.1. The lowest BCUT2D eigenvalue weighted by Gasteiger charge is -2.10. The molecule has 0 bridgehead atoms. The van der Waals surface area contributed by atoms with Crippen LogP contribution in [0.4, 0.5) is 5.69 Å². The number of carbonyl (C=O) groups excluding carboxylic acids is 1. The molecule has 1 aromatic heterocycles. The van der Waals surface area contributed by atoms with Gasteiger partial charge in [0.05, 0.1) is 17.8 Å². The number of hydrogen-bond donors (Lipinski definition) is 2. The van der Waals surface area contributed by atoms with Crippen LogP contribution in [0.15, 0.2) is 34.9 Å². The van der Waals surface area contributed by atoms with Gasteiger partial charge in [0.2, 0.25) is 0 Å². The van der Waals surface area contributed by atoms with Gasteiger partial charge < -0.3 is 15.2 Å². The molecule has 0 saturated carbocycles. The van der Waals surface area contributed by atoms with Crippen molar-refractivity contribution < 1.29 is 9.32 Å². The monoisotopic (exact) mass is 259 g/mol. The van der Waals surface area contributed by atoms with E-state index in [0.717, 1.165) is 17.9 Å². The molecule has 0 atom stereocenters. The summed E-state index contributed by atoms with van der Waals surface area (Å²) in [5.74, 6) is 0.511. The van der Waals surface area contributed by atoms with Gasteiger partial charge in [-0.1, -0.05) is 17.3 Å². The maximum atomic E-state index is 12.1. The molecule has 2 aromatic rings. The van der Waals surface area contributed by atoms with Crippen molar-refractivity contribution in [1.82, 2.24) is 10.5 Å². The van der Waals surface area contributed by atoms with Gasteiger partial charge in [0, 0.05) is 18.3 Å². The van der Waals surface area contributed by atoms with Gasteiger partial charge in [-0.3, -0.25) is 4.79 Å². The van der Waals surface area contributed by atoms with E-state index >= 15 is 0 Å². The van der Waals surface area contributed by atoms with Crippen LogP contribution in [0.5, 0.6) is 0 Å². The van der Waals surface area contributed by atoms with Crippen molar-refractivity contribution in [2.45, 2.75) is 20.4 Å². The highest BCUT2D eigenvalue weighted by Gasteiger charge is 2.11. The minimum absolute atomic E-state index is 0.134. The lowest BCUT2D eigenvalue weighted by molar-refractivity contribution is 0.0948. The summed E-state index contributed by atoms with van der Waals surface area (Å²) in [6.07, 6.45) is 0. The third kappa shape index (κ3) is 3.34. The Morgan fingerprint density at radius 3 is 2.84 bits per heavy atom. The zero-order valence-corrected chi connectivity index (χ0v) is 11.1. The van der Waals surface area contributed by atoms with Gasteiger partial charge in [0.15, 0.2) is 5.76 Å². The highest BCUT2D eigenvalue weighted by Crippen LogP contribution is 2.14. The first-order chi connectivity index (χ1) is 9.20. The van der Waals surface area contributed by atoms with E-state index in [1.807, 2.05) is 32.0 Å². The number of rotatable bonds is 5. The highest BCUT2D eigenvalue weighted by atomic mass is 16.5. The fourth-order valence-electron chi connectivity index (χ4n) is 1.79. The third-order valence-corrected chi connectivity index (χ3v) is 2.64. The van der Waals surface area contributed by atoms with E-state index in [2.05, 4.69) is 15.8 Å². The summed E-state index contributed by atoms with van der Waals surface area (Å²) in [5.41, 5.74) is 2.26. The number of hydrogen-bond acceptors (Lipinski definition) is 4. The van der Waals surface area contributed by atoms with E-state index < -0.39 is 0 Å². The first-order valence-electron chi connectivity index (χ1n) is 6.24. The number of para-hydroxylation sites is 1. The Bertz CT molecular complexity index is 563. The third-order valence-electron chi connectivity index (χ3n) is 2.64. The molecule has 1 heterocycles. The predicted octanol–water partition coefficient (Wildman–Crippen LogP) is 2.34. The van der Waals surface area contributed by atoms with E-state index in [0.29, 0.717) is 17.9 Å². The van der Waals surface area contributed by atoms with Crippen molar-refractivity contribution in [3.8, 4) is 0 Å². The molecule has 1 amide bonds. The molecule has 0 spiro atoms. The van der Waals surface area contributed by atoms with Crippen molar-refractivity contribution in [3.05, 3.63) is 47.3 Å². The molecule has 5 nitrogen and oxygen atoms in total. The van der Waals surface area contributed by atoms with Crippen molar-refractivity contribution >= 4 is 11.6 Å². The number of nitrogens with zero attached hydrogens (tertiary/aromatic N) is 1. The normalized spacial score (nSPS) is 10.2. The molecule has 2 N–H and O–H groups in total. The molecule has 0 fully saturated rings. The van der Waals surface area contributed by atoms with Crippen LogP contribution < -0.4 is 10.6 Å². The largest absolute Gasteiger partial charge is 0.385 e. The van der Waals surface area contributed by atoms with Crippen molar-refractivity contribution in [3.63, 3.8) is 0 Å². The van der Waals surface area contributed by atoms with Crippen molar-refractivity contribution in [1.29, 1.82) is 0 Å². The SMILES string of the molecule is CCNc1ccccc1C(=O)NCc1cc(C)no1. The van der Waals surface area contributed by atoms with Crippen LogP contribution in [0.1, 0.15) is 28.7 Å². The molecular formula is C14H17N3O2. The summed E-state index contributed by atoms with van der Waals surface area (Å²) in [5, 5.41) is 9.75. The Morgan fingerprint density at radius 2 is 2.16 bits per heavy atom. The molecular weight excluding hydrogens is 242 g/mol. The van der Waals surface area contributed by atoms with Gasteiger partial charge in [-0.2, -0.15) is 0 Å². The van der Waals surface area contributed by atoms with Crippen LogP contribution in [0.2, 0.25) is 0 Å². The minimum atomic E-state index is -0.134. The van der Waals surface area contributed by atoms with E-state index in [1.165, 1.54) is 0 Å². The van der Waals surface area contributed by atoms with E-state index in [1.54, 1.807) is 12.1 Å². The van der Waals surface area contributed by atoms with E-state index in [9.17, 15) is 4.79 Å². The number of carbonyl (C=O) groups is 1. The Morgan fingerprint density at radius 1 is 1.37 bits per heavy atom. The van der Waals surface area contributed by atoms with Gasteiger partial charge in [-0.25, -0.2) is 0 Å². The Labute approximate surface area is 112 Å². The molecule has 1 aromatic carbocycles. The van der Waals surface area contributed by atoms with Gasteiger partial charge >= 0.3 is 0 Å². The zero-order chi connectivity index (χ0) is 13.7. The number of aryl methyl sites for hydroxylation is 1. The average Bonchev–Trinajstić information content (AvgIpc) is 2.83. The maximum Gasteiger partial charge on any atom is 0.253 e. The topological polar surface area (TPSA) is 67.2 Å². The summed E-state index contributed by atoms with van der Waals surface area (Å²) in [6, 6.07) is 9.22. The summed E-state index contributed by atoms with van der Waals surface area (Å²) in [6.45, 7) is 4.94. The molecule has 0 aliphatic carbocycles. The first-order valence-corrected chi connectivity index (χ1v) is 6.24. The molecule has 0 aliphatic rings. The van der Waals surface area contributed by atoms with Gasteiger partial charge in [-0.15, -0.1) is 0 Å². The van der Waals surface area contributed by atoms with Gasteiger partial charge in [0.25, 0.3) is 5.91 Å². The van der Waals surface area contributed by atoms with Crippen LogP contribution in [-0.2, 0) is 6.54 Å². The smallest absolute Gasteiger partial charge is 0.253 e. The lowest BCUT2D eigenvalue weighted by atomic mass is 10.1. The van der Waals surface area contributed by atoms with E-state index in [-0.39, 0.29) is 5.91 Å². The summed E-state index contributed by atoms with van der Waals surface area (Å²) in [7, 11) is 0. The van der Waals surface area contributed by atoms with Crippen LogP contribution in [0.25, 0.3) is 0 Å². The Hall–Kier alpha value is -2.30. The highest BCUT2D eigenvalue weighted by molar-refractivity contribution is 5.99. The Balaban J connectivity index is 2.03. The van der Waals surface area contributed by atoms with Crippen LogP contribution >= 0.6 is 0 Å². The standard InChI is InChI=1S/C14H17N3O2/c1-3-15-13-7-5-4-6-12(13)14(18)16-9-11-8-10(2)17-19-11/h4-8,15H,3,9H2,1-2H3,(H,16,18). The second-order valence-corrected chi connectivity index (χ2v) is 4.19. The number of amides is 1. The number of benzene rings is 1. The molecule has 5 heteroatoms. The summed E-state index contributed by atoms with van der Waals surface area (Å²) < 4.78 is 5.05.